The van der Waals surface area contributed by atoms with Crippen molar-refractivity contribution in [3.05, 3.63) is 65.2 Å². The summed E-state index contributed by atoms with van der Waals surface area (Å²) in [5.41, 5.74) is 6.26. The number of rotatable bonds is 7. The molecule has 2 rings (SSSR count). The van der Waals surface area contributed by atoms with Gasteiger partial charge in [-0.15, -0.1) is 0 Å². The van der Waals surface area contributed by atoms with Gasteiger partial charge in [0.05, 0.1) is 13.5 Å². The topological polar surface area (TPSA) is 81.4 Å². The predicted molar refractivity (Wildman–Crippen MR) is 87.9 cm³/mol. The standard InChI is InChI=1S/C18H18F2N2O3/c1-25-15-4-2-3-11(7-15)8-16(18(21)24)22-17(23)9-12-5-13(19)10-14(20)6-12/h2-7,10,16H,8-9H2,1H3,(H2,21,24)(H,22,23)/t16-/m0/s1. The Morgan fingerprint density at radius 2 is 1.80 bits per heavy atom. The highest BCUT2D eigenvalue weighted by molar-refractivity contribution is 5.87. The molecular formula is C18H18F2N2O3. The molecule has 0 saturated heterocycles. The van der Waals surface area contributed by atoms with Gasteiger partial charge in [0.15, 0.2) is 0 Å². The highest BCUT2D eigenvalue weighted by Gasteiger charge is 2.19. The SMILES string of the molecule is COc1cccc(C[C@H](NC(=O)Cc2cc(F)cc(F)c2)C(N)=O)c1. The number of benzene rings is 2. The summed E-state index contributed by atoms with van der Waals surface area (Å²) in [5.74, 6) is -2.20. The van der Waals surface area contributed by atoms with Gasteiger partial charge in [0.25, 0.3) is 0 Å². The zero-order valence-corrected chi connectivity index (χ0v) is 13.6. The number of primary amides is 1. The average molecular weight is 348 g/mol. The maximum absolute atomic E-state index is 13.2. The number of carbonyl (C=O) groups excluding carboxylic acids is 2. The summed E-state index contributed by atoms with van der Waals surface area (Å²) >= 11 is 0. The Labute approximate surface area is 143 Å². The quantitative estimate of drug-likeness (QED) is 0.800. The lowest BCUT2D eigenvalue weighted by molar-refractivity contribution is -0.127. The molecule has 3 N–H and O–H groups in total. The van der Waals surface area contributed by atoms with Gasteiger partial charge in [-0.3, -0.25) is 9.59 Å². The summed E-state index contributed by atoms with van der Waals surface area (Å²) in [6.45, 7) is 0. The molecule has 7 heteroatoms. The summed E-state index contributed by atoms with van der Waals surface area (Å²) < 4.78 is 31.4. The van der Waals surface area contributed by atoms with E-state index in [4.69, 9.17) is 10.5 Å². The van der Waals surface area contributed by atoms with Gasteiger partial charge in [-0.1, -0.05) is 12.1 Å². The number of amides is 2. The minimum absolute atomic E-state index is 0.166. The molecule has 0 saturated carbocycles. The van der Waals surface area contributed by atoms with Crippen LogP contribution in [0.15, 0.2) is 42.5 Å². The molecule has 0 aliphatic carbocycles. The number of hydrogen-bond acceptors (Lipinski definition) is 3. The molecule has 0 aromatic heterocycles. The van der Waals surface area contributed by atoms with Crippen LogP contribution in [0.1, 0.15) is 11.1 Å². The third-order valence-corrected chi connectivity index (χ3v) is 3.54. The Morgan fingerprint density at radius 3 is 2.40 bits per heavy atom. The van der Waals surface area contributed by atoms with Crippen LogP contribution in [0.4, 0.5) is 8.78 Å². The second kappa shape index (κ2) is 8.23. The van der Waals surface area contributed by atoms with Crippen molar-refractivity contribution in [1.82, 2.24) is 5.32 Å². The fourth-order valence-corrected chi connectivity index (χ4v) is 2.40. The normalized spacial score (nSPS) is 11.6. The minimum Gasteiger partial charge on any atom is -0.497 e. The summed E-state index contributed by atoms with van der Waals surface area (Å²) in [4.78, 5) is 23.7. The van der Waals surface area contributed by atoms with Crippen molar-refractivity contribution in [2.45, 2.75) is 18.9 Å². The minimum atomic E-state index is -0.946. The van der Waals surface area contributed by atoms with Crippen LogP contribution in [0.25, 0.3) is 0 Å². The Hall–Kier alpha value is -2.96. The van der Waals surface area contributed by atoms with Crippen molar-refractivity contribution in [3.8, 4) is 5.75 Å². The van der Waals surface area contributed by atoms with Gasteiger partial charge in [0.2, 0.25) is 11.8 Å². The third kappa shape index (κ3) is 5.56. The van der Waals surface area contributed by atoms with Crippen molar-refractivity contribution < 1.29 is 23.1 Å². The summed E-state index contributed by atoms with van der Waals surface area (Å²) in [6, 6.07) is 8.89. The number of methoxy groups -OCH3 is 1. The van der Waals surface area contributed by atoms with Gasteiger partial charge in [-0.2, -0.15) is 0 Å². The highest BCUT2D eigenvalue weighted by atomic mass is 19.1. The summed E-state index contributed by atoms with van der Waals surface area (Å²) in [7, 11) is 1.52. The van der Waals surface area contributed by atoms with E-state index in [2.05, 4.69) is 5.32 Å². The van der Waals surface area contributed by atoms with Crippen molar-refractivity contribution >= 4 is 11.8 Å². The fraction of sp³-hybridized carbons (Fsp3) is 0.222. The molecule has 0 aliphatic heterocycles. The van der Waals surface area contributed by atoms with Gasteiger partial charge in [-0.25, -0.2) is 8.78 Å². The second-order valence-electron chi connectivity index (χ2n) is 5.53. The molecule has 1 atom stereocenters. The molecule has 0 spiro atoms. The van der Waals surface area contributed by atoms with Gasteiger partial charge in [0, 0.05) is 12.5 Å². The molecule has 2 aromatic rings. The maximum atomic E-state index is 13.2. The smallest absolute Gasteiger partial charge is 0.240 e. The van der Waals surface area contributed by atoms with Crippen molar-refractivity contribution in [2.75, 3.05) is 7.11 Å². The van der Waals surface area contributed by atoms with E-state index >= 15 is 0 Å². The van der Waals surface area contributed by atoms with Crippen LogP contribution in [-0.2, 0) is 22.4 Å². The molecule has 2 aromatic carbocycles. The third-order valence-electron chi connectivity index (χ3n) is 3.54. The van der Waals surface area contributed by atoms with Gasteiger partial charge in [-0.05, 0) is 35.4 Å². The Bertz CT molecular complexity index is 760. The Balaban J connectivity index is 2.05. The van der Waals surface area contributed by atoms with Crippen LogP contribution in [0.3, 0.4) is 0 Å². The van der Waals surface area contributed by atoms with E-state index in [0.717, 1.165) is 23.8 Å². The number of carbonyl (C=O) groups is 2. The highest BCUT2D eigenvalue weighted by Crippen LogP contribution is 2.14. The first-order chi connectivity index (χ1) is 11.9. The molecule has 0 fully saturated rings. The number of halogens is 2. The van der Waals surface area contributed by atoms with E-state index in [0.29, 0.717) is 5.75 Å². The van der Waals surface area contributed by atoms with E-state index in [1.54, 1.807) is 24.3 Å². The van der Waals surface area contributed by atoms with E-state index in [1.807, 2.05) is 0 Å². The van der Waals surface area contributed by atoms with Crippen molar-refractivity contribution in [3.63, 3.8) is 0 Å². The van der Waals surface area contributed by atoms with Crippen molar-refractivity contribution in [1.29, 1.82) is 0 Å². The van der Waals surface area contributed by atoms with Crippen LogP contribution < -0.4 is 15.8 Å². The largest absolute Gasteiger partial charge is 0.497 e. The average Bonchev–Trinajstić information content (AvgIpc) is 2.53. The molecule has 0 heterocycles. The summed E-state index contributed by atoms with van der Waals surface area (Å²) in [6.07, 6.45) is -0.0909. The molecule has 132 valence electrons. The van der Waals surface area contributed by atoms with Crippen LogP contribution in [0, 0.1) is 11.6 Å². The van der Waals surface area contributed by atoms with Crippen LogP contribution >= 0.6 is 0 Å². The molecule has 0 bridgehead atoms. The number of ether oxygens (including phenoxy) is 1. The number of hydrogen-bond donors (Lipinski definition) is 2. The first-order valence-corrected chi connectivity index (χ1v) is 7.54. The molecule has 25 heavy (non-hydrogen) atoms. The van der Waals surface area contributed by atoms with Crippen LogP contribution in [0.2, 0.25) is 0 Å². The first kappa shape index (κ1) is 18.4. The molecule has 0 unspecified atom stereocenters. The number of nitrogens with two attached hydrogens (primary N) is 1. The first-order valence-electron chi connectivity index (χ1n) is 7.54. The monoisotopic (exact) mass is 348 g/mol. The van der Waals surface area contributed by atoms with E-state index in [-0.39, 0.29) is 18.4 Å². The predicted octanol–water partition coefficient (Wildman–Crippen LogP) is 1.73. The Kier molecular flexibility index (Phi) is 6.05. The van der Waals surface area contributed by atoms with Gasteiger partial charge >= 0.3 is 0 Å². The van der Waals surface area contributed by atoms with Crippen molar-refractivity contribution in [2.24, 2.45) is 5.73 Å². The number of nitrogens with one attached hydrogen (secondary N) is 1. The van der Waals surface area contributed by atoms with Gasteiger partial charge in [0.1, 0.15) is 23.4 Å². The molecule has 0 aliphatic rings. The van der Waals surface area contributed by atoms with E-state index in [9.17, 15) is 18.4 Å². The van der Waals surface area contributed by atoms with E-state index < -0.39 is 29.5 Å². The molecule has 2 amide bonds. The lowest BCUT2D eigenvalue weighted by Crippen LogP contribution is -2.46. The zero-order valence-electron chi connectivity index (χ0n) is 13.6. The molecular weight excluding hydrogens is 330 g/mol. The summed E-state index contributed by atoms with van der Waals surface area (Å²) in [5, 5.41) is 2.49. The fourth-order valence-electron chi connectivity index (χ4n) is 2.40. The second-order valence-corrected chi connectivity index (χ2v) is 5.53. The zero-order chi connectivity index (χ0) is 18.4. The lowest BCUT2D eigenvalue weighted by atomic mass is 10.0. The molecule has 0 radical (unpaired) electrons. The Morgan fingerprint density at radius 1 is 1.12 bits per heavy atom. The lowest BCUT2D eigenvalue weighted by Gasteiger charge is -2.16. The maximum Gasteiger partial charge on any atom is 0.240 e. The van der Waals surface area contributed by atoms with E-state index in [1.165, 1.54) is 7.11 Å². The molecule has 5 nitrogen and oxygen atoms in total. The van der Waals surface area contributed by atoms with Crippen LogP contribution in [-0.4, -0.2) is 25.0 Å². The van der Waals surface area contributed by atoms with Gasteiger partial charge < -0.3 is 15.8 Å². The van der Waals surface area contributed by atoms with Crippen LogP contribution in [0.5, 0.6) is 5.75 Å².